The van der Waals surface area contributed by atoms with Crippen LogP contribution in [0.5, 0.6) is 5.75 Å². The van der Waals surface area contributed by atoms with Gasteiger partial charge in [0.15, 0.2) is 6.10 Å². The van der Waals surface area contributed by atoms with Crippen molar-refractivity contribution in [2.24, 2.45) is 5.92 Å². The molecule has 176 valence electrons. The zero-order valence-electron chi connectivity index (χ0n) is 19.3. The highest BCUT2D eigenvalue weighted by atomic mass is 32.2. The number of benzene rings is 2. The molecule has 8 nitrogen and oxygen atoms in total. The minimum Gasteiger partial charge on any atom is -0.479 e. The molecule has 4 rings (SSSR count). The van der Waals surface area contributed by atoms with E-state index < -0.39 is 16.1 Å². The van der Waals surface area contributed by atoms with Crippen molar-refractivity contribution in [1.29, 1.82) is 0 Å². The van der Waals surface area contributed by atoms with Crippen LogP contribution in [0.25, 0.3) is 0 Å². The first-order chi connectivity index (χ1) is 15.6. The molecule has 0 spiro atoms. The van der Waals surface area contributed by atoms with E-state index in [1.54, 1.807) is 31.9 Å². The highest BCUT2D eigenvalue weighted by Gasteiger charge is 2.35. The maximum atomic E-state index is 13.4. The number of nitrogens with zero attached hydrogens (tertiary/aromatic N) is 2. The molecule has 2 aromatic rings. The highest BCUT2D eigenvalue weighted by Crippen LogP contribution is 2.36. The van der Waals surface area contributed by atoms with Crippen molar-refractivity contribution in [3.63, 3.8) is 0 Å². The minimum absolute atomic E-state index is 0.000684. The second-order valence-electron chi connectivity index (χ2n) is 8.78. The topological polar surface area (TPSA) is 96.0 Å². The van der Waals surface area contributed by atoms with Gasteiger partial charge in [0.2, 0.25) is 15.9 Å². The van der Waals surface area contributed by atoms with Crippen LogP contribution in [0.3, 0.4) is 0 Å². The van der Waals surface area contributed by atoms with Crippen molar-refractivity contribution < 1.29 is 22.7 Å². The number of amides is 2. The number of nitrogens with one attached hydrogen (secondary N) is 1. The Kier molecular flexibility index (Phi) is 6.20. The number of rotatable bonds is 4. The number of piperidine rings is 1. The van der Waals surface area contributed by atoms with Gasteiger partial charge >= 0.3 is 0 Å². The summed E-state index contributed by atoms with van der Waals surface area (Å²) in [5.74, 6) is -0.150. The van der Waals surface area contributed by atoms with Crippen molar-refractivity contribution in [3.8, 4) is 5.75 Å². The fourth-order valence-electron chi connectivity index (χ4n) is 4.34. The van der Waals surface area contributed by atoms with Crippen LogP contribution in [-0.2, 0) is 19.6 Å². The highest BCUT2D eigenvalue weighted by molar-refractivity contribution is 7.89. The third kappa shape index (κ3) is 4.47. The number of ether oxygens (including phenoxy) is 1. The molecule has 1 N–H and O–H groups in total. The summed E-state index contributed by atoms with van der Waals surface area (Å²) < 4.78 is 33.8. The Morgan fingerprint density at radius 1 is 1.15 bits per heavy atom. The molecule has 2 amide bonds. The first kappa shape index (κ1) is 23.3. The van der Waals surface area contributed by atoms with Crippen LogP contribution in [0.2, 0.25) is 0 Å². The van der Waals surface area contributed by atoms with Crippen LogP contribution in [0.4, 0.5) is 11.4 Å². The third-order valence-electron chi connectivity index (χ3n) is 6.35. The van der Waals surface area contributed by atoms with Crippen molar-refractivity contribution in [2.75, 3.05) is 30.4 Å². The second-order valence-corrected chi connectivity index (χ2v) is 10.7. The normalized spacial score (nSPS) is 19.4. The summed E-state index contributed by atoms with van der Waals surface area (Å²) in [7, 11) is -2.01. The Bertz CT molecular complexity index is 1200. The monoisotopic (exact) mass is 471 g/mol. The zero-order chi connectivity index (χ0) is 23.9. The van der Waals surface area contributed by atoms with Crippen molar-refractivity contribution in [3.05, 3.63) is 47.5 Å². The van der Waals surface area contributed by atoms with Gasteiger partial charge in [-0.25, -0.2) is 8.42 Å². The number of fused-ring (bicyclic) bond motifs is 1. The molecule has 2 heterocycles. The summed E-state index contributed by atoms with van der Waals surface area (Å²) in [6, 6.07) is 10.9. The number of carbonyl (C=O) groups is 2. The van der Waals surface area contributed by atoms with E-state index in [-0.39, 0.29) is 35.7 Å². The lowest BCUT2D eigenvalue weighted by molar-refractivity contribution is -0.123. The van der Waals surface area contributed by atoms with E-state index in [2.05, 4.69) is 5.32 Å². The number of sulfonamides is 1. The molecule has 0 unspecified atom stereocenters. The molecular formula is C24H29N3O5S. The Morgan fingerprint density at radius 2 is 1.85 bits per heavy atom. The number of aryl methyl sites for hydroxylation is 2. The Balaban J connectivity index is 1.48. The Labute approximate surface area is 194 Å². The van der Waals surface area contributed by atoms with Gasteiger partial charge in [-0.15, -0.1) is 0 Å². The third-order valence-corrected chi connectivity index (χ3v) is 8.39. The summed E-state index contributed by atoms with van der Waals surface area (Å²) >= 11 is 0. The standard InChI is InChI=1S/C24H29N3O5S/c1-15-6-5-7-19(12-15)26(4)24(29)18-8-10-27(11-9-18)33(30,31)22-14-21-20(13-16(22)2)25-23(28)17(3)32-21/h5-7,12-14,17-18H,8-11H2,1-4H3,(H,25,28)/t17-/m0/s1. The molecule has 0 aromatic heterocycles. The maximum absolute atomic E-state index is 13.4. The fourth-order valence-corrected chi connectivity index (χ4v) is 6.03. The molecule has 33 heavy (non-hydrogen) atoms. The molecule has 1 atom stereocenters. The van der Waals surface area contributed by atoms with E-state index in [1.807, 2.05) is 31.2 Å². The maximum Gasteiger partial charge on any atom is 0.265 e. The van der Waals surface area contributed by atoms with Gasteiger partial charge in [-0.2, -0.15) is 4.31 Å². The summed E-state index contributed by atoms with van der Waals surface area (Å²) in [5, 5.41) is 2.74. The molecule has 2 aliphatic rings. The Morgan fingerprint density at radius 3 is 2.52 bits per heavy atom. The minimum atomic E-state index is -3.77. The van der Waals surface area contributed by atoms with Gasteiger partial charge in [-0.3, -0.25) is 9.59 Å². The molecule has 2 aliphatic heterocycles. The van der Waals surface area contributed by atoms with Crippen LogP contribution in [-0.4, -0.2) is 50.8 Å². The predicted octanol–water partition coefficient (Wildman–Crippen LogP) is 3.09. The van der Waals surface area contributed by atoms with Gasteiger partial charge in [0.1, 0.15) is 5.75 Å². The smallest absolute Gasteiger partial charge is 0.265 e. The van der Waals surface area contributed by atoms with E-state index in [4.69, 9.17) is 4.74 Å². The predicted molar refractivity (Wildman–Crippen MR) is 126 cm³/mol. The molecule has 0 aliphatic carbocycles. The fraction of sp³-hybridized carbons (Fsp3) is 0.417. The average molecular weight is 472 g/mol. The molecule has 0 bridgehead atoms. The molecule has 0 saturated carbocycles. The lowest BCUT2D eigenvalue weighted by Gasteiger charge is -2.33. The molecule has 0 radical (unpaired) electrons. The lowest BCUT2D eigenvalue weighted by atomic mass is 9.96. The largest absolute Gasteiger partial charge is 0.479 e. The zero-order valence-corrected chi connectivity index (χ0v) is 20.1. The number of carbonyl (C=O) groups excluding carboxylic acids is 2. The SMILES string of the molecule is Cc1cccc(N(C)C(=O)C2CCN(S(=O)(=O)c3cc4c(cc3C)NC(=O)[C@H](C)O4)CC2)c1. The molecule has 1 saturated heterocycles. The number of hydrogen-bond donors (Lipinski definition) is 1. The molecule has 2 aromatic carbocycles. The first-order valence-corrected chi connectivity index (χ1v) is 12.5. The van der Waals surface area contributed by atoms with E-state index >= 15 is 0 Å². The van der Waals surface area contributed by atoms with Gasteiger partial charge < -0.3 is 15.0 Å². The van der Waals surface area contributed by atoms with E-state index in [0.29, 0.717) is 29.8 Å². The van der Waals surface area contributed by atoms with Crippen molar-refractivity contribution in [2.45, 2.75) is 44.6 Å². The van der Waals surface area contributed by atoms with Crippen molar-refractivity contribution >= 4 is 33.2 Å². The van der Waals surface area contributed by atoms with Crippen LogP contribution in [0.15, 0.2) is 41.3 Å². The van der Waals surface area contributed by atoms with Gasteiger partial charge in [-0.1, -0.05) is 12.1 Å². The van der Waals surface area contributed by atoms with Crippen LogP contribution in [0.1, 0.15) is 30.9 Å². The van der Waals surface area contributed by atoms with E-state index in [1.165, 1.54) is 10.4 Å². The molecular weight excluding hydrogens is 442 g/mol. The van der Waals surface area contributed by atoms with Crippen LogP contribution < -0.4 is 15.0 Å². The van der Waals surface area contributed by atoms with E-state index in [9.17, 15) is 18.0 Å². The van der Waals surface area contributed by atoms with Crippen molar-refractivity contribution in [1.82, 2.24) is 4.31 Å². The summed E-state index contributed by atoms with van der Waals surface area (Å²) in [6.07, 6.45) is 0.228. The van der Waals surface area contributed by atoms with E-state index in [0.717, 1.165) is 11.3 Å². The summed E-state index contributed by atoms with van der Waals surface area (Å²) in [5.41, 5.74) is 2.91. The summed E-state index contributed by atoms with van der Waals surface area (Å²) in [4.78, 5) is 26.7. The van der Waals surface area contributed by atoms with Crippen LogP contribution >= 0.6 is 0 Å². The second kappa shape index (κ2) is 8.79. The first-order valence-electron chi connectivity index (χ1n) is 11.0. The van der Waals surface area contributed by atoms with Gasteiger partial charge in [0.05, 0.1) is 10.6 Å². The number of anilines is 2. The number of hydrogen-bond acceptors (Lipinski definition) is 5. The van der Waals surface area contributed by atoms with Gasteiger partial charge in [0, 0.05) is 37.8 Å². The molecule has 9 heteroatoms. The van der Waals surface area contributed by atoms with Crippen LogP contribution in [0, 0.1) is 19.8 Å². The lowest BCUT2D eigenvalue weighted by Crippen LogP contribution is -2.43. The Hall–Kier alpha value is -2.91. The average Bonchev–Trinajstić information content (AvgIpc) is 2.79. The quantitative estimate of drug-likeness (QED) is 0.739. The summed E-state index contributed by atoms with van der Waals surface area (Å²) in [6.45, 7) is 5.83. The van der Waals surface area contributed by atoms with Gasteiger partial charge in [0.25, 0.3) is 5.91 Å². The van der Waals surface area contributed by atoms with Gasteiger partial charge in [-0.05, 0) is 62.9 Å². The molecule has 1 fully saturated rings.